The van der Waals surface area contributed by atoms with Gasteiger partial charge < -0.3 is 39.9 Å². The highest BCUT2D eigenvalue weighted by molar-refractivity contribution is 7.47. The maximum atomic E-state index is 12.8. The lowest BCUT2D eigenvalue weighted by atomic mass is 9.85. The molecule has 0 aromatic rings. The molecule has 0 bridgehead atoms. The van der Waals surface area contributed by atoms with Crippen molar-refractivity contribution < 1.29 is 63.1 Å². The summed E-state index contributed by atoms with van der Waals surface area (Å²) in [7, 11) is -5.14. The molecule has 0 spiro atoms. The molecule has 1 fully saturated rings. The van der Waals surface area contributed by atoms with Crippen LogP contribution in [0, 0.1) is 0 Å². The number of aliphatic hydroxyl groups excluding tert-OH is 5. The van der Waals surface area contributed by atoms with Gasteiger partial charge in [0.15, 0.2) is 6.10 Å². The van der Waals surface area contributed by atoms with E-state index in [1.54, 1.807) is 0 Å². The Morgan fingerprint density at radius 2 is 0.873 bits per heavy atom. The first-order valence-electron chi connectivity index (χ1n) is 23.7. The largest absolute Gasteiger partial charge is 0.472 e. The standard InChI is InChI=1S/C49H83O13P/c1-3-5-7-9-11-13-15-17-19-21-23-25-27-29-31-33-35-37-42(50)59-39-41(40-60-63(57,58)62-49-47(55)45(53)44(52)46(54)48(49)56)61-43(51)38-36-34-32-30-28-26-24-22-20-18-16-14-12-10-8-6-4-2/h12,14,17-20,23-26,29,31,41,44-49,52-56H,3-11,13,15-16,21-22,27-28,30,32-40H2,1-2H3,(H,57,58)/b14-12-,19-17-,20-18-,25-23-,26-24-,31-29-/t41-,44?,45-,46?,47?,48?,49?/m1/s1. The van der Waals surface area contributed by atoms with Gasteiger partial charge in [-0.3, -0.25) is 18.6 Å². The molecule has 8 atom stereocenters. The number of hydrogen-bond acceptors (Lipinski definition) is 12. The van der Waals surface area contributed by atoms with Crippen LogP contribution in [0.2, 0.25) is 0 Å². The Hall–Kier alpha value is -2.71. The predicted molar refractivity (Wildman–Crippen MR) is 249 cm³/mol. The van der Waals surface area contributed by atoms with E-state index in [9.17, 15) is 44.6 Å². The van der Waals surface area contributed by atoms with Crippen LogP contribution in [0.25, 0.3) is 0 Å². The van der Waals surface area contributed by atoms with Gasteiger partial charge in [0.05, 0.1) is 6.61 Å². The monoisotopic (exact) mass is 911 g/mol. The minimum Gasteiger partial charge on any atom is -0.462 e. The van der Waals surface area contributed by atoms with Gasteiger partial charge in [0.1, 0.15) is 43.2 Å². The van der Waals surface area contributed by atoms with Gasteiger partial charge in [0, 0.05) is 12.8 Å². The van der Waals surface area contributed by atoms with Crippen LogP contribution in [0.4, 0.5) is 0 Å². The summed E-state index contributed by atoms with van der Waals surface area (Å²) in [5, 5.41) is 50.2. The highest BCUT2D eigenvalue weighted by Gasteiger charge is 2.51. The molecule has 13 nitrogen and oxygen atoms in total. The van der Waals surface area contributed by atoms with E-state index in [-0.39, 0.29) is 12.8 Å². The molecular weight excluding hydrogens is 828 g/mol. The van der Waals surface area contributed by atoms with Gasteiger partial charge in [0.2, 0.25) is 0 Å². The normalized spacial score (nSPS) is 22.3. The molecule has 1 aliphatic carbocycles. The van der Waals surface area contributed by atoms with Crippen LogP contribution in [0.3, 0.4) is 0 Å². The van der Waals surface area contributed by atoms with Gasteiger partial charge in [-0.15, -0.1) is 0 Å². The fourth-order valence-electron chi connectivity index (χ4n) is 6.66. The number of ether oxygens (including phenoxy) is 2. The van der Waals surface area contributed by atoms with Crippen molar-refractivity contribution >= 4 is 19.8 Å². The molecule has 0 saturated heterocycles. The Balaban J connectivity index is 2.51. The average Bonchev–Trinajstić information content (AvgIpc) is 3.26. The first-order chi connectivity index (χ1) is 30.4. The summed E-state index contributed by atoms with van der Waals surface area (Å²) in [5.41, 5.74) is 0. The zero-order valence-corrected chi connectivity index (χ0v) is 39.2. The van der Waals surface area contributed by atoms with Crippen molar-refractivity contribution in [3.05, 3.63) is 72.9 Å². The summed E-state index contributed by atoms with van der Waals surface area (Å²) < 4.78 is 33.5. The lowest BCUT2D eigenvalue weighted by molar-refractivity contribution is -0.220. The molecule has 63 heavy (non-hydrogen) atoms. The summed E-state index contributed by atoms with van der Waals surface area (Å²) in [4.78, 5) is 35.7. The molecule has 1 aliphatic rings. The highest BCUT2D eigenvalue weighted by Crippen LogP contribution is 2.47. The SMILES string of the molecule is CCCCC/C=C\C/C=C\C/C=C\CCCCCCC(=O)O[C@H](COC(=O)CCC/C=C\C/C=C\C/C=C\CCCCCCCC)COP(=O)(O)OC1C(O)C(O)C(O)[C@@H](O)C1O. The molecule has 1 saturated carbocycles. The van der Waals surface area contributed by atoms with Crippen LogP contribution in [0.5, 0.6) is 0 Å². The summed E-state index contributed by atoms with van der Waals surface area (Å²) in [5.74, 6) is -1.19. The van der Waals surface area contributed by atoms with Crippen LogP contribution >= 0.6 is 7.82 Å². The molecule has 14 heteroatoms. The quantitative estimate of drug-likeness (QED) is 0.0148. The lowest BCUT2D eigenvalue weighted by Crippen LogP contribution is -2.64. The van der Waals surface area contributed by atoms with Gasteiger partial charge in [-0.05, 0) is 83.5 Å². The molecule has 0 aromatic heterocycles. The highest BCUT2D eigenvalue weighted by atomic mass is 31.2. The number of phosphoric acid groups is 1. The molecule has 0 amide bonds. The van der Waals surface area contributed by atoms with Gasteiger partial charge in [-0.25, -0.2) is 4.57 Å². The third-order valence-electron chi connectivity index (χ3n) is 10.5. The van der Waals surface area contributed by atoms with Gasteiger partial charge in [0.25, 0.3) is 0 Å². The van der Waals surface area contributed by atoms with E-state index >= 15 is 0 Å². The minimum absolute atomic E-state index is 0.0570. The molecule has 0 aliphatic heterocycles. The number of carbonyl (C=O) groups excluding carboxylic acids is 2. The second-order valence-corrected chi connectivity index (χ2v) is 17.7. The molecule has 0 heterocycles. The van der Waals surface area contributed by atoms with E-state index < -0.39 is 75.7 Å². The zero-order valence-electron chi connectivity index (χ0n) is 38.3. The Morgan fingerprint density at radius 1 is 0.492 bits per heavy atom. The van der Waals surface area contributed by atoms with Crippen LogP contribution < -0.4 is 0 Å². The summed E-state index contributed by atoms with van der Waals surface area (Å²) in [6, 6.07) is 0. The summed E-state index contributed by atoms with van der Waals surface area (Å²) in [6.07, 6.45) is 35.3. The van der Waals surface area contributed by atoms with Gasteiger partial charge in [-0.1, -0.05) is 145 Å². The van der Waals surface area contributed by atoms with Crippen LogP contribution in [0.1, 0.15) is 168 Å². The van der Waals surface area contributed by atoms with Gasteiger partial charge >= 0.3 is 19.8 Å². The van der Waals surface area contributed by atoms with Crippen molar-refractivity contribution in [2.24, 2.45) is 0 Å². The van der Waals surface area contributed by atoms with E-state index in [0.29, 0.717) is 19.3 Å². The van der Waals surface area contributed by atoms with E-state index in [0.717, 1.165) is 64.2 Å². The van der Waals surface area contributed by atoms with Crippen LogP contribution in [-0.2, 0) is 32.7 Å². The van der Waals surface area contributed by atoms with Crippen LogP contribution in [-0.4, -0.2) is 98.3 Å². The maximum absolute atomic E-state index is 12.8. The smallest absolute Gasteiger partial charge is 0.462 e. The molecule has 6 N–H and O–H groups in total. The third-order valence-corrected chi connectivity index (χ3v) is 11.5. The number of esters is 2. The van der Waals surface area contributed by atoms with Crippen LogP contribution in [0.15, 0.2) is 72.9 Å². The fraction of sp³-hybridized carbons (Fsp3) is 0.714. The number of aliphatic hydroxyl groups is 5. The summed E-state index contributed by atoms with van der Waals surface area (Å²) >= 11 is 0. The second kappa shape index (κ2) is 38.5. The summed E-state index contributed by atoms with van der Waals surface area (Å²) in [6.45, 7) is 3.20. The number of hydrogen-bond donors (Lipinski definition) is 6. The Morgan fingerprint density at radius 3 is 1.38 bits per heavy atom. The molecule has 6 unspecified atom stereocenters. The number of phosphoric ester groups is 1. The Bertz CT molecular complexity index is 1380. The molecule has 0 radical (unpaired) electrons. The first kappa shape index (κ1) is 58.3. The molecular formula is C49H83O13P. The number of allylic oxidation sites excluding steroid dienone is 12. The molecule has 1 rings (SSSR count). The van der Waals surface area contributed by atoms with Crippen molar-refractivity contribution in [3.63, 3.8) is 0 Å². The zero-order chi connectivity index (χ0) is 46.4. The predicted octanol–water partition coefficient (Wildman–Crippen LogP) is 9.50. The van der Waals surface area contributed by atoms with Crippen molar-refractivity contribution in [2.75, 3.05) is 13.2 Å². The number of unbranched alkanes of at least 4 members (excludes halogenated alkanes) is 14. The lowest BCUT2D eigenvalue weighted by Gasteiger charge is -2.41. The van der Waals surface area contributed by atoms with E-state index in [4.69, 9.17) is 18.5 Å². The Kier molecular flexibility index (Phi) is 35.7. The minimum atomic E-state index is -5.14. The van der Waals surface area contributed by atoms with E-state index in [2.05, 4.69) is 74.6 Å². The molecule has 0 aromatic carbocycles. The second-order valence-electron chi connectivity index (χ2n) is 16.3. The molecule has 362 valence electrons. The third kappa shape index (κ3) is 31.0. The average molecular weight is 911 g/mol. The van der Waals surface area contributed by atoms with Gasteiger partial charge in [-0.2, -0.15) is 0 Å². The number of carbonyl (C=O) groups is 2. The fourth-order valence-corrected chi connectivity index (χ4v) is 7.63. The van der Waals surface area contributed by atoms with Crippen molar-refractivity contribution in [3.8, 4) is 0 Å². The van der Waals surface area contributed by atoms with Crippen molar-refractivity contribution in [1.29, 1.82) is 0 Å². The van der Waals surface area contributed by atoms with Crippen molar-refractivity contribution in [1.82, 2.24) is 0 Å². The Labute approximate surface area is 378 Å². The maximum Gasteiger partial charge on any atom is 0.472 e. The van der Waals surface area contributed by atoms with E-state index in [1.807, 2.05) is 12.2 Å². The topological polar surface area (TPSA) is 210 Å². The number of rotatable bonds is 38. The first-order valence-corrected chi connectivity index (χ1v) is 25.2. The van der Waals surface area contributed by atoms with E-state index in [1.165, 1.54) is 57.8 Å². The van der Waals surface area contributed by atoms with Crippen molar-refractivity contribution in [2.45, 2.75) is 211 Å².